The summed E-state index contributed by atoms with van der Waals surface area (Å²) in [4.78, 5) is 24.8. The van der Waals surface area contributed by atoms with Gasteiger partial charge in [-0.25, -0.2) is 4.79 Å². The van der Waals surface area contributed by atoms with Crippen LogP contribution in [-0.2, 0) is 15.1 Å². The van der Waals surface area contributed by atoms with E-state index in [-0.39, 0.29) is 17.6 Å². The molecule has 6 atom stereocenters. The van der Waals surface area contributed by atoms with Gasteiger partial charge in [-0.3, -0.25) is 10.1 Å². The second-order valence-corrected chi connectivity index (χ2v) is 9.16. The van der Waals surface area contributed by atoms with E-state index in [2.05, 4.69) is 19.2 Å². The number of alkyl halides is 1. The van der Waals surface area contributed by atoms with Gasteiger partial charge in [0.1, 0.15) is 5.78 Å². The fraction of sp³-hybridized carbons (Fsp3) is 0.600. The Kier molecular flexibility index (Phi) is 3.58. The minimum absolute atomic E-state index is 0.0476. The summed E-state index contributed by atoms with van der Waals surface area (Å²) in [5, 5.41) is 13.6. The van der Waals surface area contributed by atoms with Gasteiger partial charge in [0.25, 0.3) is 0 Å². The lowest BCUT2D eigenvalue weighted by Gasteiger charge is -2.71. The second-order valence-electron chi connectivity index (χ2n) is 8.64. The van der Waals surface area contributed by atoms with Crippen LogP contribution >= 0.6 is 11.6 Å². The van der Waals surface area contributed by atoms with Crippen LogP contribution in [0.25, 0.3) is 0 Å². The molecule has 2 saturated carbocycles. The summed E-state index contributed by atoms with van der Waals surface area (Å²) in [6, 6.07) is 7.52. The number of anilines is 1. The van der Waals surface area contributed by atoms with E-state index < -0.39 is 34.0 Å². The Morgan fingerprint density at radius 1 is 1.31 bits per heavy atom. The number of halogens is 1. The maximum atomic E-state index is 12.4. The molecule has 0 radical (unpaired) electrons. The fourth-order valence-corrected chi connectivity index (χ4v) is 6.13. The lowest BCUT2D eigenvalue weighted by Crippen LogP contribution is -2.77. The maximum absolute atomic E-state index is 12.4. The minimum atomic E-state index is -1.07. The van der Waals surface area contributed by atoms with Crippen LogP contribution in [0.15, 0.2) is 24.3 Å². The number of amides is 1. The zero-order valence-electron chi connectivity index (χ0n) is 15.4. The number of Topliss-reactive ketones (excluding diaryl/α,β-unsaturated/α-hetero) is 1. The first-order valence-corrected chi connectivity index (χ1v) is 9.44. The van der Waals surface area contributed by atoms with E-state index in [1.807, 2.05) is 24.3 Å². The zero-order valence-corrected chi connectivity index (χ0v) is 16.1. The number of rotatable bonds is 1. The molecule has 26 heavy (non-hydrogen) atoms. The van der Waals surface area contributed by atoms with Gasteiger partial charge in [0.2, 0.25) is 0 Å². The number of aliphatic hydroxyl groups excluding tert-OH is 1. The van der Waals surface area contributed by atoms with E-state index >= 15 is 0 Å². The van der Waals surface area contributed by atoms with Gasteiger partial charge in [0.05, 0.1) is 17.2 Å². The first-order valence-electron chi connectivity index (χ1n) is 9.01. The molecule has 1 heterocycles. The normalized spacial score (nSPS) is 42.8. The number of benzene rings is 1. The molecule has 1 aromatic rings. The number of aliphatic hydroxyl groups is 1. The quantitative estimate of drug-likeness (QED) is 0.732. The van der Waals surface area contributed by atoms with Gasteiger partial charge in [-0.15, -0.1) is 11.6 Å². The molecule has 140 valence electrons. The van der Waals surface area contributed by atoms with Crippen LogP contribution in [0.3, 0.4) is 0 Å². The second kappa shape index (κ2) is 5.23. The third kappa shape index (κ3) is 1.81. The molecular weight excluding hydrogens is 354 g/mol. The first-order chi connectivity index (χ1) is 12.1. The Balaban J connectivity index is 1.91. The topological polar surface area (TPSA) is 75.6 Å². The molecule has 6 heteroatoms. The number of hydrogen-bond donors (Lipinski definition) is 2. The highest BCUT2D eigenvalue weighted by Crippen LogP contribution is 2.73. The van der Waals surface area contributed by atoms with Crippen molar-refractivity contribution < 1.29 is 19.4 Å². The number of para-hydroxylation sites is 1. The van der Waals surface area contributed by atoms with E-state index in [9.17, 15) is 14.7 Å². The van der Waals surface area contributed by atoms with Crippen molar-refractivity contribution in [1.82, 2.24) is 0 Å². The highest BCUT2D eigenvalue weighted by molar-refractivity contribution is 6.23. The van der Waals surface area contributed by atoms with Gasteiger partial charge in [-0.2, -0.15) is 0 Å². The first kappa shape index (κ1) is 17.8. The Labute approximate surface area is 158 Å². The molecule has 2 N–H and O–H groups in total. The summed E-state index contributed by atoms with van der Waals surface area (Å²) in [6.45, 7) is 7.30. The van der Waals surface area contributed by atoms with E-state index in [0.717, 1.165) is 5.56 Å². The summed E-state index contributed by atoms with van der Waals surface area (Å²) in [5.74, 6) is -0.475. The van der Waals surface area contributed by atoms with Crippen molar-refractivity contribution >= 4 is 29.2 Å². The van der Waals surface area contributed by atoms with Gasteiger partial charge in [-0.05, 0) is 32.3 Å². The van der Waals surface area contributed by atoms with Crippen molar-refractivity contribution in [2.75, 3.05) is 5.32 Å². The molecule has 0 unspecified atom stereocenters. The number of carbonyl (C=O) groups is 2. The maximum Gasteiger partial charge on any atom is 0.412 e. The summed E-state index contributed by atoms with van der Waals surface area (Å²) in [7, 11) is 0. The molecule has 1 aromatic carbocycles. The summed E-state index contributed by atoms with van der Waals surface area (Å²) < 4.78 is 5.94. The lowest BCUT2D eigenvalue weighted by atomic mass is 9.36. The molecule has 1 amide bonds. The number of hydrogen-bond acceptors (Lipinski definition) is 4. The van der Waals surface area contributed by atoms with Gasteiger partial charge in [-0.1, -0.05) is 32.0 Å². The van der Waals surface area contributed by atoms with Crippen molar-refractivity contribution in [2.45, 2.75) is 51.2 Å². The molecular formula is C20H24ClNO4. The van der Waals surface area contributed by atoms with Gasteiger partial charge >= 0.3 is 6.09 Å². The third-order valence-electron chi connectivity index (χ3n) is 7.43. The molecule has 0 aromatic heterocycles. The van der Waals surface area contributed by atoms with Crippen LogP contribution in [0.4, 0.5) is 10.5 Å². The van der Waals surface area contributed by atoms with Crippen LogP contribution < -0.4 is 5.32 Å². The average Bonchev–Trinajstić information content (AvgIpc) is 2.58. The molecule has 3 aliphatic rings. The highest BCUT2D eigenvalue weighted by atomic mass is 35.5. The van der Waals surface area contributed by atoms with Gasteiger partial charge < -0.3 is 9.84 Å². The number of carbonyl (C=O) groups excluding carboxylic acids is 2. The van der Waals surface area contributed by atoms with Crippen LogP contribution in [0.2, 0.25) is 0 Å². The van der Waals surface area contributed by atoms with E-state index in [4.69, 9.17) is 16.3 Å². The SMILES string of the molecule is CC(=O)[C@]1(C)[C@H](Cl)C[C@H]2[C@@H]([C@H]1O)[C@@]1(OC(=O)Nc3ccccc31)C2(C)C. The zero-order chi connectivity index (χ0) is 19.1. The number of nitrogens with one attached hydrogen (secondary N) is 1. The van der Waals surface area contributed by atoms with E-state index in [1.165, 1.54) is 6.92 Å². The highest BCUT2D eigenvalue weighted by Gasteiger charge is 2.77. The fourth-order valence-electron chi connectivity index (χ4n) is 5.66. The Hall–Kier alpha value is -1.59. The van der Waals surface area contributed by atoms with Crippen LogP contribution in [0.5, 0.6) is 0 Å². The molecule has 4 rings (SSSR count). The summed E-state index contributed by atoms with van der Waals surface area (Å²) >= 11 is 6.59. The molecule has 2 aliphatic carbocycles. The predicted molar refractivity (Wildman–Crippen MR) is 98.0 cm³/mol. The monoisotopic (exact) mass is 377 g/mol. The van der Waals surface area contributed by atoms with E-state index in [1.54, 1.807) is 6.92 Å². The van der Waals surface area contributed by atoms with E-state index in [0.29, 0.717) is 12.1 Å². The number of ether oxygens (including phenoxy) is 1. The Morgan fingerprint density at radius 3 is 2.62 bits per heavy atom. The molecule has 1 spiro atoms. The lowest BCUT2D eigenvalue weighted by molar-refractivity contribution is -0.307. The van der Waals surface area contributed by atoms with Crippen LogP contribution in [0, 0.1) is 22.7 Å². The molecule has 0 saturated heterocycles. The molecule has 1 aliphatic heterocycles. The molecule has 2 fully saturated rings. The minimum Gasteiger partial charge on any atom is -0.437 e. The Morgan fingerprint density at radius 2 is 1.96 bits per heavy atom. The largest absolute Gasteiger partial charge is 0.437 e. The van der Waals surface area contributed by atoms with Gasteiger partial charge in [0.15, 0.2) is 5.60 Å². The predicted octanol–water partition coefficient (Wildman–Crippen LogP) is 3.68. The standard InChI is InChI=1S/C20H24ClNO4/c1-10(23)19(4)14(21)9-12-15(16(19)24)20(18(12,2)3)11-7-5-6-8-13(11)22-17(25)26-20/h5-8,12,14-16,24H,9H2,1-4H3,(H,22,25)/t12-,14+,15-,16+,19+,20+/m0/s1. The number of ketones is 1. The van der Waals surface area contributed by atoms with Crippen molar-refractivity contribution in [3.8, 4) is 0 Å². The average molecular weight is 378 g/mol. The third-order valence-corrected chi connectivity index (χ3v) is 8.06. The Bertz CT molecular complexity index is 809. The molecule has 5 nitrogen and oxygen atoms in total. The van der Waals surface area contributed by atoms with Crippen molar-refractivity contribution in [1.29, 1.82) is 0 Å². The summed E-state index contributed by atoms with van der Waals surface area (Å²) in [6.07, 6.45) is -0.922. The van der Waals surface area contributed by atoms with Gasteiger partial charge in [0, 0.05) is 22.3 Å². The smallest absolute Gasteiger partial charge is 0.412 e. The molecule has 0 bridgehead atoms. The summed E-state index contributed by atoms with van der Waals surface area (Å²) in [5.41, 5.74) is -0.927. The van der Waals surface area contributed by atoms with Crippen molar-refractivity contribution in [2.24, 2.45) is 22.7 Å². The van der Waals surface area contributed by atoms with Crippen molar-refractivity contribution in [3.05, 3.63) is 29.8 Å². The van der Waals surface area contributed by atoms with Crippen molar-refractivity contribution in [3.63, 3.8) is 0 Å². The van der Waals surface area contributed by atoms with Crippen LogP contribution in [0.1, 0.15) is 39.7 Å². The number of fused-ring (bicyclic) bond motifs is 4. The van der Waals surface area contributed by atoms with Crippen LogP contribution in [-0.4, -0.2) is 28.5 Å².